The Balaban J connectivity index is 1.71. The zero-order valence-corrected chi connectivity index (χ0v) is 10.0. The average Bonchev–Trinajstić information content (AvgIpc) is 2.28. The first-order chi connectivity index (χ1) is 7.29. The molecule has 15 heavy (non-hydrogen) atoms. The molecule has 0 aromatic heterocycles. The Hall–Kier alpha value is -0.120. The number of nitrogens with one attached hydrogen (secondary N) is 1. The van der Waals surface area contributed by atoms with Crippen LogP contribution in [0.15, 0.2) is 0 Å². The van der Waals surface area contributed by atoms with Crippen molar-refractivity contribution in [3.05, 3.63) is 0 Å². The molecule has 3 nitrogen and oxygen atoms in total. The number of nitrogens with zero attached hydrogens (tertiary/aromatic N) is 1. The number of rotatable bonds is 5. The molecule has 3 heteroatoms. The highest BCUT2D eigenvalue weighted by Gasteiger charge is 2.33. The van der Waals surface area contributed by atoms with Crippen molar-refractivity contribution < 1.29 is 4.74 Å². The highest BCUT2D eigenvalue weighted by Crippen LogP contribution is 2.27. The second-order valence-electron chi connectivity index (χ2n) is 5.21. The molecular formula is C12H24N2O. The maximum Gasteiger partial charge on any atom is 0.0499 e. The zero-order valence-electron chi connectivity index (χ0n) is 10.0. The molecule has 88 valence electrons. The molecule has 3 heterocycles. The summed E-state index contributed by atoms with van der Waals surface area (Å²) in [5.41, 5.74) is 0. The van der Waals surface area contributed by atoms with Gasteiger partial charge in [0.25, 0.3) is 0 Å². The maximum absolute atomic E-state index is 5.16. The van der Waals surface area contributed by atoms with Crippen LogP contribution in [-0.2, 0) is 4.74 Å². The third kappa shape index (κ3) is 2.92. The molecule has 0 saturated carbocycles. The molecular weight excluding hydrogens is 188 g/mol. The standard InChI is InChI=1S/C12H24N2O/c1-10(9-15-2)7-13-12-8-14-5-3-11(12)4-6-14/h10-13H,3-9H2,1-2H3. The minimum absolute atomic E-state index is 0.630. The molecule has 3 fully saturated rings. The number of ether oxygens (including phenoxy) is 1. The summed E-state index contributed by atoms with van der Waals surface area (Å²) in [6, 6.07) is 0.742. The monoisotopic (exact) mass is 212 g/mol. The SMILES string of the molecule is COCC(C)CNC1CN2CCC1CC2. The number of hydrogen-bond acceptors (Lipinski definition) is 3. The van der Waals surface area contributed by atoms with E-state index in [0.29, 0.717) is 5.92 Å². The normalized spacial score (nSPS) is 36.8. The van der Waals surface area contributed by atoms with E-state index in [9.17, 15) is 0 Å². The molecule has 0 amide bonds. The first-order valence-electron chi connectivity index (χ1n) is 6.24. The molecule has 2 atom stereocenters. The predicted molar refractivity (Wildman–Crippen MR) is 62.0 cm³/mol. The van der Waals surface area contributed by atoms with Crippen molar-refractivity contribution >= 4 is 0 Å². The summed E-state index contributed by atoms with van der Waals surface area (Å²) < 4.78 is 5.16. The van der Waals surface area contributed by atoms with Gasteiger partial charge in [-0.25, -0.2) is 0 Å². The van der Waals surface area contributed by atoms with Gasteiger partial charge in [0.15, 0.2) is 0 Å². The van der Waals surface area contributed by atoms with Crippen molar-refractivity contribution in [2.75, 3.05) is 39.9 Å². The molecule has 0 aromatic rings. The number of methoxy groups -OCH3 is 1. The molecule has 3 saturated heterocycles. The third-order valence-electron chi connectivity index (χ3n) is 3.84. The van der Waals surface area contributed by atoms with E-state index in [2.05, 4.69) is 17.1 Å². The molecule has 0 aromatic carbocycles. The zero-order chi connectivity index (χ0) is 10.7. The van der Waals surface area contributed by atoms with Crippen LogP contribution in [0.3, 0.4) is 0 Å². The van der Waals surface area contributed by atoms with E-state index in [-0.39, 0.29) is 0 Å². The maximum atomic E-state index is 5.16. The average molecular weight is 212 g/mol. The van der Waals surface area contributed by atoms with E-state index >= 15 is 0 Å². The van der Waals surface area contributed by atoms with E-state index in [4.69, 9.17) is 4.74 Å². The molecule has 1 N–H and O–H groups in total. The summed E-state index contributed by atoms with van der Waals surface area (Å²) in [6.45, 7) is 8.14. The van der Waals surface area contributed by atoms with E-state index in [0.717, 1.165) is 25.1 Å². The van der Waals surface area contributed by atoms with Crippen LogP contribution in [0.5, 0.6) is 0 Å². The Bertz CT molecular complexity index is 190. The molecule has 3 rings (SSSR count). The molecule has 0 aliphatic carbocycles. The van der Waals surface area contributed by atoms with Gasteiger partial charge in [-0.1, -0.05) is 6.92 Å². The van der Waals surface area contributed by atoms with Gasteiger partial charge in [-0.15, -0.1) is 0 Å². The third-order valence-corrected chi connectivity index (χ3v) is 3.84. The Morgan fingerprint density at radius 1 is 1.40 bits per heavy atom. The van der Waals surface area contributed by atoms with Crippen LogP contribution in [0.1, 0.15) is 19.8 Å². The Labute approximate surface area is 93.2 Å². The smallest absolute Gasteiger partial charge is 0.0499 e. The van der Waals surface area contributed by atoms with Crippen molar-refractivity contribution in [1.29, 1.82) is 0 Å². The van der Waals surface area contributed by atoms with Crippen molar-refractivity contribution in [3.8, 4) is 0 Å². The predicted octanol–water partition coefficient (Wildman–Crippen LogP) is 0.953. The summed E-state index contributed by atoms with van der Waals surface area (Å²) >= 11 is 0. The van der Waals surface area contributed by atoms with Gasteiger partial charge in [0, 0.05) is 32.8 Å². The highest BCUT2D eigenvalue weighted by atomic mass is 16.5. The molecule has 2 unspecified atom stereocenters. The van der Waals surface area contributed by atoms with E-state index < -0.39 is 0 Å². The van der Waals surface area contributed by atoms with Gasteiger partial charge in [-0.05, 0) is 37.8 Å². The van der Waals surface area contributed by atoms with Gasteiger partial charge in [0.2, 0.25) is 0 Å². The molecule has 2 bridgehead atoms. The highest BCUT2D eigenvalue weighted by molar-refractivity contribution is 4.90. The van der Waals surface area contributed by atoms with E-state index in [1.54, 1.807) is 7.11 Å². The molecule has 3 aliphatic heterocycles. The molecule has 0 spiro atoms. The van der Waals surface area contributed by atoms with Crippen LogP contribution in [0.2, 0.25) is 0 Å². The van der Waals surface area contributed by atoms with Gasteiger partial charge in [-0.3, -0.25) is 0 Å². The Kier molecular flexibility index (Phi) is 4.00. The Morgan fingerprint density at radius 2 is 2.13 bits per heavy atom. The fourth-order valence-electron chi connectivity index (χ4n) is 2.89. The lowest BCUT2D eigenvalue weighted by atomic mass is 9.84. The minimum atomic E-state index is 0.630. The number of fused-ring (bicyclic) bond motifs is 3. The second kappa shape index (κ2) is 5.28. The lowest BCUT2D eigenvalue weighted by molar-refractivity contribution is 0.0678. The summed E-state index contributed by atoms with van der Waals surface area (Å²) in [5, 5.41) is 3.72. The van der Waals surface area contributed by atoms with Crippen LogP contribution in [-0.4, -0.2) is 50.8 Å². The van der Waals surface area contributed by atoms with Crippen LogP contribution >= 0.6 is 0 Å². The van der Waals surface area contributed by atoms with Gasteiger partial charge < -0.3 is 15.0 Å². The van der Waals surface area contributed by atoms with Gasteiger partial charge >= 0.3 is 0 Å². The second-order valence-corrected chi connectivity index (χ2v) is 5.21. The lowest BCUT2D eigenvalue weighted by Crippen LogP contribution is -2.56. The summed E-state index contributed by atoms with van der Waals surface area (Å²) in [5.74, 6) is 1.56. The topological polar surface area (TPSA) is 24.5 Å². The van der Waals surface area contributed by atoms with Crippen LogP contribution in [0.4, 0.5) is 0 Å². The summed E-state index contributed by atoms with van der Waals surface area (Å²) in [7, 11) is 1.78. The van der Waals surface area contributed by atoms with Crippen LogP contribution in [0, 0.1) is 11.8 Å². The van der Waals surface area contributed by atoms with Crippen molar-refractivity contribution in [2.45, 2.75) is 25.8 Å². The van der Waals surface area contributed by atoms with Gasteiger partial charge in [0.1, 0.15) is 0 Å². The quantitative estimate of drug-likeness (QED) is 0.734. The lowest BCUT2D eigenvalue weighted by Gasteiger charge is -2.45. The molecule has 3 aliphatic rings. The summed E-state index contributed by atoms with van der Waals surface area (Å²) in [4.78, 5) is 2.60. The van der Waals surface area contributed by atoms with Crippen LogP contribution in [0.25, 0.3) is 0 Å². The van der Waals surface area contributed by atoms with E-state index in [1.807, 2.05) is 0 Å². The summed E-state index contributed by atoms with van der Waals surface area (Å²) in [6.07, 6.45) is 2.80. The van der Waals surface area contributed by atoms with Crippen molar-refractivity contribution in [3.63, 3.8) is 0 Å². The van der Waals surface area contributed by atoms with Crippen LogP contribution < -0.4 is 5.32 Å². The number of hydrogen-bond donors (Lipinski definition) is 1. The van der Waals surface area contributed by atoms with Gasteiger partial charge in [-0.2, -0.15) is 0 Å². The fourth-order valence-corrected chi connectivity index (χ4v) is 2.89. The minimum Gasteiger partial charge on any atom is -0.384 e. The largest absolute Gasteiger partial charge is 0.384 e. The number of piperidine rings is 3. The van der Waals surface area contributed by atoms with Gasteiger partial charge in [0.05, 0.1) is 0 Å². The van der Waals surface area contributed by atoms with Crippen molar-refractivity contribution in [1.82, 2.24) is 10.2 Å². The van der Waals surface area contributed by atoms with Crippen molar-refractivity contribution in [2.24, 2.45) is 11.8 Å². The first kappa shape index (κ1) is 11.4. The molecule has 0 radical (unpaired) electrons. The fraction of sp³-hybridized carbons (Fsp3) is 1.00. The van der Waals surface area contributed by atoms with E-state index in [1.165, 1.54) is 32.5 Å². The first-order valence-corrected chi connectivity index (χ1v) is 6.24. The Morgan fingerprint density at radius 3 is 2.67 bits per heavy atom.